The van der Waals surface area contributed by atoms with Gasteiger partial charge in [0.2, 0.25) is 5.91 Å². The van der Waals surface area contributed by atoms with Gasteiger partial charge in [0.1, 0.15) is 0 Å². The van der Waals surface area contributed by atoms with E-state index >= 15 is 0 Å². The molecule has 33 heavy (non-hydrogen) atoms. The third kappa shape index (κ3) is 5.80. The molecule has 0 spiro atoms. The lowest BCUT2D eigenvalue weighted by molar-refractivity contribution is -0.166. The van der Waals surface area contributed by atoms with E-state index in [2.05, 4.69) is 22.4 Å². The summed E-state index contributed by atoms with van der Waals surface area (Å²) >= 11 is 0. The van der Waals surface area contributed by atoms with Crippen LogP contribution < -0.4 is 5.32 Å². The Morgan fingerprint density at radius 3 is 2.45 bits per heavy atom. The largest absolute Gasteiger partial charge is 0.361 e. The number of likely N-dealkylation sites (N-methyl/N-ethyl adjacent to an activating group) is 1. The van der Waals surface area contributed by atoms with Crippen LogP contribution in [0.3, 0.4) is 0 Å². The highest BCUT2D eigenvalue weighted by molar-refractivity contribution is 5.87. The average Bonchev–Trinajstić information content (AvgIpc) is 2.86. The van der Waals surface area contributed by atoms with Crippen LogP contribution in [0.5, 0.6) is 0 Å². The van der Waals surface area contributed by atoms with E-state index < -0.39 is 5.60 Å². The number of pyridine rings is 1. The summed E-state index contributed by atoms with van der Waals surface area (Å²) in [4.78, 5) is 32.2. The van der Waals surface area contributed by atoms with Gasteiger partial charge in [0.15, 0.2) is 5.60 Å². The van der Waals surface area contributed by atoms with E-state index in [0.717, 1.165) is 29.5 Å². The molecule has 1 saturated carbocycles. The predicted molar refractivity (Wildman–Crippen MR) is 129 cm³/mol. The second kappa shape index (κ2) is 10.9. The number of aromatic nitrogens is 1. The third-order valence-electron chi connectivity index (χ3n) is 6.93. The zero-order valence-electron chi connectivity index (χ0n) is 19.6. The summed E-state index contributed by atoms with van der Waals surface area (Å²) < 4.78 is 6.15. The molecule has 1 saturated heterocycles. The molecule has 0 unspecified atom stereocenters. The highest BCUT2D eigenvalue weighted by Crippen LogP contribution is 2.30. The van der Waals surface area contributed by atoms with Gasteiger partial charge in [0, 0.05) is 38.3 Å². The van der Waals surface area contributed by atoms with E-state index in [4.69, 9.17) is 4.74 Å². The summed E-state index contributed by atoms with van der Waals surface area (Å²) in [5.74, 6) is 0.499. The number of hydrogen-bond acceptors (Lipinski definition) is 4. The summed E-state index contributed by atoms with van der Waals surface area (Å²) in [6.07, 6.45) is 10.6. The fraction of sp³-hybridized carbons (Fsp3) is 0.519. The van der Waals surface area contributed by atoms with Crippen LogP contribution in [-0.2, 0) is 20.7 Å². The quantitative estimate of drug-likeness (QED) is 0.694. The van der Waals surface area contributed by atoms with Crippen molar-refractivity contribution in [3.63, 3.8) is 0 Å². The number of rotatable bonds is 7. The zero-order valence-corrected chi connectivity index (χ0v) is 19.6. The normalized spacial score (nSPS) is 21.5. The molecule has 2 fully saturated rings. The molecule has 2 aromatic rings. The average molecular weight is 450 g/mol. The summed E-state index contributed by atoms with van der Waals surface area (Å²) in [6, 6.07) is 12.2. The van der Waals surface area contributed by atoms with Gasteiger partial charge in [-0.3, -0.25) is 14.6 Å². The van der Waals surface area contributed by atoms with Gasteiger partial charge in [0.25, 0.3) is 5.91 Å². The SMILES string of the molecule is CCNC(=O)[C@@]1(Cc2ccc(-c3ccncc3)cc2)CN(C(=O)CC2CCCCC2)CCO1. The summed E-state index contributed by atoms with van der Waals surface area (Å²) in [6.45, 7) is 3.66. The second-order valence-corrected chi connectivity index (χ2v) is 9.34. The number of benzene rings is 1. The Labute approximate surface area is 196 Å². The van der Waals surface area contributed by atoms with Crippen LogP contribution in [0, 0.1) is 5.92 Å². The van der Waals surface area contributed by atoms with E-state index in [-0.39, 0.29) is 11.8 Å². The van der Waals surface area contributed by atoms with Crippen LogP contribution in [-0.4, -0.2) is 53.5 Å². The van der Waals surface area contributed by atoms with E-state index in [9.17, 15) is 9.59 Å². The van der Waals surface area contributed by atoms with Crippen LogP contribution in [0.2, 0.25) is 0 Å². The van der Waals surface area contributed by atoms with Gasteiger partial charge in [-0.2, -0.15) is 0 Å². The predicted octanol–water partition coefficient (Wildman–Crippen LogP) is 4.00. The number of carbonyl (C=O) groups is 2. The van der Waals surface area contributed by atoms with Gasteiger partial charge < -0.3 is 15.0 Å². The Morgan fingerprint density at radius 1 is 1.06 bits per heavy atom. The molecule has 2 amide bonds. The van der Waals surface area contributed by atoms with Crippen LogP contribution in [0.25, 0.3) is 11.1 Å². The fourth-order valence-electron chi connectivity index (χ4n) is 5.10. The van der Waals surface area contributed by atoms with Crippen molar-refractivity contribution in [1.82, 2.24) is 15.2 Å². The highest BCUT2D eigenvalue weighted by atomic mass is 16.5. The summed E-state index contributed by atoms with van der Waals surface area (Å²) in [7, 11) is 0. The zero-order chi connectivity index (χ0) is 23.1. The van der Waals surface area contributed by atoms with E-state index in [1.165, 1.54) is 19.3 Å². The number of ether oxygens (including phenoxy) is 1. The Bertz CT molecular complexity index is 925. The highest BCUT2D eigenvalue weighted by Gasteiger charge is 2.45. The molecular weight excluding hydrogens is 414 g/mol. The van der Waals surface area contributed by atoms with Gasteiger partial charge in [0.05, 0.1) is 13.2 Å². The van der Waals surface area contributed by atoms with E-state index in [1.807, 2.05) is 36.1 Å². The fourth-order valence-corrected chi connectivity index (χ4v) is 5.10. The first kappa shape index (κ1) is 23.4. The maximum Gasteiger partial charge on any atom is 0.254 e. The summed E-state index contributed by atoms with van der Waals surface area (Å²) in [5.41, 5.74) is 2.15. The van der Waals surface area contributed by atoms with Gasteiger partial charge in [-0.25, -0.2) is 0 Å². The molecule has 2 aliphatic rings. The second-order valence-electron chi connectivity index (χ2n) is 9.34. The number of nitrogens with zero attached hydrogens (tertiary/aromatic N) is 2. The molecule has 1 atom stereocenters. The van der Waals surface area contributed by atoms with Gasteiger partial charge in [-0.15, -0.1) is 0 Å². The minimum atomic E-state index is -1.06. The van der Waals surface area contributed by atoms with Gasteiger partial charge in [-0.05, 0) is 54.5 Å². The minimum Gasteiger partial charge on any atom is -0.361 e. The number of morpholine rings is 1. The maximum absolute atomic E-state index is 13.2. The first-order chi connectivity index (χ1) is 16.1. The smallest absolute Gasteiger partial charge is 0.254 e. The number of carbonyl (C=O) groups excluding carboxylic acids is 2. The van der Waals surface area contributed by atoms with Crippen LogP contribution in [0.1, 0.15) is 51.0 Å². The Kier molecular flexibility index (Phi) is 7.76. The number of nitrogens with one attached hydrogen (secondary N) is 1. The Hall–Kier alpha value is -2.73. The topological polar surface area (TPSA) is 71.5 Å². The van der Waals surface area contributed by atoms with Crippen molar-refractivity contribution in [2.75, 3.05) is 26.2 Å². The lowest BCUT2D eigenvalue weighted by Crippen LogP contribution is -2.62. The first-order valence-corrected chi connectivity index (χ1v) is 12.3. The molecule has 0 bridgehead atoms. The number of amides is 2. The van der Waals surface area contributed by atoms with Gasteiger partial charge >= 0.3 is 0 Å². The van der Waals surface area contributed by atoms with Gasteiger partial charge in [-0.1, -0.05) is 43.5 Å². The van der Waals surface area contributed by atoms with Crippen molar-refractivity contribution in [3.05, 3.63) is 54.4 Å². The van der Waals surface area contributed by atoms with Crippen LogP contribution in [0.4, 0.5) is 0 Å². The summed E-state index contributed by atoms with van der Waals surface area (Å²) in [5, 5.41) is 2.95. The van der Waals surface area contributed by atoms with Crippen LogP contribution in [0.15, 0.2) is 48.8 Å². The first-order valence-electron chi connectivity index (χ1n) is 12.3. The molecule has 1 aliphatic carbocycles. The van der Waals surface area contributed by atoms with Crippen molar-refractivity contribution < 1.29 is 14.3 Å². The maximum atomic E-state index is 13.2. The molecule has 176 valence electrons. The molecule has 6 nitrogen and oxygen atoms in total. The third-order valence-corrected chi connectivity index (χ3v) is 6.93. The molecule has 0 radical (unpaired) electrons. The molecule has 4 rings (SSSR count). The van der Waals surface area contributed by atoms with E-state index in [1.54, 1.807) is 12.4 Å². The minimum absolute atomic E-state index is 0.140. The molecular formula is C27H35N3O3. The van der Waals surface area contributed by atoms with Crippen LogP contribution >= 0.6 is 0 Å². The standard InChI is InChI=1S/C27H35N3O3/c1-2-29-26(32)27(19-22-8-10-23(11-9-22)24-12-14-28-15-13-24)20-30(16-17-33-27)25(31)18-21-6-4-3-5-7-21/h8-15,21H,2-7,16-20H2,1H3,(H,29,32)/t27-/m1/s1. The van der Waals surface area contributed by atoms with Crippen molar-refractivity contribution in [1.29, 1.82) is 0 Å². The lowest BCUT2D eigenvalue weighted by Gasteiger charge is -2.42. The molecule has 1 aliphatic heterocycles. The Morgan fingerprint density at radius 2 is 1.76 bits per heavy atom. The molecule has 6 heteroatoms. The molecule has 1 aromatic heterocycles. The Balaban J connectivity index is 1.49. The molecule has 2 heterocycles. The van der Waals surface area contributed by atoms with E-state index in [0.29, 0.717) is 45.0 Å². The molecule has 1 aromatic carbocycles. The lowest BCUT2D eigenvalue weighted by atomic mass is 9.86. The number of hydrogen-bond donors (Lipinski definition) is 1. The van der Waals surface area contributed by atoms with Crippen molar-refractivity contribution >= 4 is 11.8 Å². The van der Waals surface area contributed by atoms with Crippen molar-refractivity contribution in [2.45, 2.75) is 57.5 Å². The molecule has 1 N–H and O–H groups in total. The van der Waals surface area contributed by atoms with Crippen molar-refractivity contribution in [3.8, 4) is 11.1 Å². The monoisotopic (exact) mass is 449 g/mol. The van der Waals surface area contributed by atoms with Crippen molar-refractivity contribution in [2.24, 2.45) is 5.92 Å².